The van der Waals surface area contributed by atoms with Crippen LogP contribution in [-0.4, -0.2) is 17.5 Å². The summed E-state index contributed by atoms with van der Waals surface area (Å²) >= 11 is 0. The van der Waals surface area contributed by atoms with Crippen LogP contribution in [0, 0.1) is 5.82 Å². The lowest BCUT2D eigenvalue weighted by Crippen LogP contribution is -2.30. The van der Waals surface area contributed by atoms with Crippen LogP contribution in [0.1, 0.15) is 17.4 Å². The van der Waals surface area contributed by atoms with E-state index in [1.165, 1.54) is 29.8 Å². The Balaban J connectivity index is 2.86. The number of hydrogen-bond acceptors (Lipinski definition) is 2. The molecule has 94 valence electrons. The number of fused-ring (bicyclic) bond motifs is 1. The van der Waals surface area contributed by atoms with E-state index in [0.29, 0.717) is 11.9 Å². The molecule has 0 aliphatic carbocycles. The van der Waals surface area contributed by atoms with Crippen LogP contribution in [0.25, 0.3) is 10.8 Å². The number of rotatable bonds is 2. The molecule has 0 saturated carbocycles. The number of carbonyl (C=O) groups excluding carboxylic acids is 1. The van der Waals surface area contributed by atoms with Gasteiger partial charge in [0.2, 0.25) is 0 Å². The zero-order chi connectivity index (χ0) is 13.3. The molecule has 2 aromatic rings. The molecule has 0 bridgehead atoms. The van der Waals surface area contributed by atoms with E-state index in [1.54, 1.807) is 13.0 Å². The summed E-state index contributed by atoms with van der Waals surface area (Å²) in [6.45, 7) is 2.12. The molecule has 1 aromatic carbocycles. The molecule has 0 radical (unpaired) electrons. The first-order chi connectivity index (χ1) is 8.58. The smallest absolute Gasteiger partial charge is 0.267 e. The minimum atomic E-state index is -0.463. The molecule has 1 aromatic heterocycles. The molecular weight excluding hydrogens is 235 g/mol. The molecule has 0 unspecified atom stereocenters. The Kier molecular flexibility index (Phi) is 3.14. The topological polar surface area (TPSA) is 51.1 Å². The number of hydrogen-bond donors (Lipinski definition) is 1. The van der Waals surface area contributed by atoms with Crippen LogP contribution < -0.4 is 10.9 Å². The van der Waals surface area contributed by atoms with Crippen LogP contribution in [0.2, 0.25) is 0 Å². The summed E-state index contributed by atoms with van der Waals surface area (Å²) in [5, 5.41) is 3.33. The first-order valence-electron chi connectivity index (χ1n) is 5.63. The van der Waals surface area contributed by atoms with Crippen LogP contribution in [0.15, 0.2) is 29.1 Å². The van der Waals surface area contributed by atoms with E-state index < -0.39 is 5.82 Å². The Morgan fingerprint density at radius 1 is 1.39 bits per heavy atom. The summed E-state index contributed by atoms with van der Waals surface area (Å²) < 4.78 is 14.5. The van der Waals surface area contributed by atoms with Crippen LogP contribution in [-0.2, 0) is 6.54 Å². The second kappa shape index (κ2) is 4.60. The fourth-order valence-electron chi connectivity index (χ4n) is 1.95. The number of nitrogens with one attached hydrogen (secondary N) is 1. The summed E-state index contributed by atoms with van der Waals surface area (Å²) in [5.74, 6) is -0.796. The van der Waals surface area contributed by atoms with Crippen molar-refractivity contribution in [2.75, 3.05) is 7.05 Å². The first kappa shape index (κ1) is 12.3. The third kappa shape index (κ3) is 1.88. The highest BCUT2D eigenvalue weighted by Crippen LogP contribution is 2.14. The molecule has 1 N–H and O–H groups in total. The Hall–Kier alpha value is -2.17. The Labute approximate surface area is 103 Å². The van der Waals surface area contributed by atoms with Gasteiger partial charge in [-0.15, -0.1) is 0 Å². The van der Waals surface area contributed by atoms with Crippen LogP contribution in [0.5, 0.6) is 0 Å². The van der Waals surface area contributed by atoms with Crippen molar-refractivity contribution in [3.05, 3.63) is 46.1 Å². The van der Waals surface area contributed by atoms with Crippen molar-refractivity contribution in [1.82, 2.24) is 9.88 Å². The molecule has 5 heteroatoms. The number of amides is 1. The highest BCUT2D eigenvalue weighted by molar-refractivity contribution is 5.96. The second-order valence-corrected chi connectivity index (χ2v) is 3.89. The lowest BCUT2D eigenvalue weighted by Gasteiger charge is -2.11. The summed E-state index contributed by atoms with van der Waals surface area (Å²) in [6.07, 6.45) is 0. The largest absolute Gasteiger partial charge is 0.354 e. The maximum atomic E-state index is 13.2. The molecule has 0 fully saturated rings. The van der Waals surface area contributed by atoms with Gasteiger partial charge in [0.15, 0.2) is 0 Å². The summed E-state index contributed by atoms with van der Waals surface area (Å²) in [4.78, 5) is 23.9. The first-order valence-corrected chi connectivity index (χ1v) is 5.63. The van der Waals surface area contributed by atoms with Crippen molar-refractivity contribution in [1.29, 1.82) is 0 Å². The van der Waals surface area contributed by atoms with Crippen LogP contribution in [0.4, 0.5) is 4.39 Å². The number of aromatic nitrogens is 1. The molecule has 0 spiro atoms. The SMILES string of the molecule is CCn1c(C(=O)NC)cc2ccc(F)cc2c1=O. The average Bonchev–Trinajstić information content (AvgIpc) is 2.38. The monoisotopic (exact) mass is 248 g/mol. The van der Waals surface area contributed by atoms with Crippen LogP contribution in [0.3, 0.4) is 0 Å². The van der Waals surface area contributed by atoms with Gasteiger partial charge in [-0.05, 0) is 30.5 Å². The number of halogens is 1. The van der Waals surface area contributed by atoms with Gasteiger partial charge in [0, 0.05) is 13.6 Å². The number of benzene rings is 1. The second-order valence-electron chi connectivity index (χ2n) is 3.89. The summed E-state index contributed by atoms with van der Waals surface area (Å²) in [6, 6.07) is 5.56. The van der Waals surface area contributed by atoms with E-state index in [1.807, 2.05) is 0 Å². The van der Waals surface area contributed by atoms with Gasteiger partial charge in [-0.1, -0.05) is 6.07 Å². The molecule has 1 amide bonds. The maximum Gasteiger partial charge on any atom is 0.267 e. The minimum Gasteiger partial charge on any atom is -0.354 e. The number of carbonyl (C=O) groups is 1. The van der Waals surface area contributed by atoms with Crippen molar-refractivity contribution >= 4 is 16.7 Å². The molecule has 18 heavy (non-hydrogen) atoms. The predicted octanol–water partition coefficient (Wildman–Crippen LogP) is 1.52. The fourth-order valence-corrected chi connectivity index (χ4v) is 1.95. The highest BCUT2D eigenvalue weighted by Gasteiger charge is 2.13. The normalized spacial score (nSPS) is 10.6. The van der Waals surface area contributed by atoms with E-state index >= 15 is 0 Å². The average molecular weight is 248 g/mol. The van der Waals surface area contributed by atoms with Crippen molar-refractivity contribution in [2.24, 2.45) is 0 Å². The number of nitrogens with zero attached hydrogens (tertiary/aromatic N) is 1. The molecule has 0 saturated heterocycles. The summed E-state index contributed by atoms with van der Waals surface area (Å²) in [5.41, 5.74) is -0.0720. The van der Waals surface area contributed by atoms with E-state index in [-0.39, 0.29) is 22.5 Å². The number of pyridine rings is 1. The van der Waals surface area contributed by atoms with E-state index in [9.17, 15) is 14.0 Å². The molecule has 0 aliphatic rings. The van der Waals surface area contributed by atoms with Gasteiger partial charge in [-0.25, -0.2) is 4.39 Å². The van der Waals surface area contributed by atoms with Crippen molar-refractivity contribution < 1.29 is 9.18 Å². The molecule has 2 rings (SSSR count). The highest BCUT2D eigenvalue weighted by atomic mass is 19.1. The predicted molar refractivity (Wildman–Crippen MR) is 67.2 cm³/mol. The van der Waals surface area contributed by atoms with E-state index in [0.717, 1.165) is 0 Å². The van der Waals surface area contributed by atoms with Crippen molar-refractivity contribution in [3.8, 4) is 0 Å². The van der Waals surface area contributed by atoms with E-state index in [2.05, 4.69) is 5.32 Å². The van der Waals surface area contributed by atoms with Crippen molar-refractivity contribution in [3.63, 3.8) is 0 Å². The van der Waals surface area contributed by atoms with Gasteiger partial charge in [-0.2, -0.15) is 0 Å². The van der Waals surface area contributed by atoms with Gasteiger partial charge in [-0.3, -0.25) is 9.59 Å². The summed E-state index contributed by atoms with van der Waals surface area (Å²) in [7, 11) is 1.50. The zero-order valence-electron chi connectivity index (χ0n) is 10.2. The quantitative estimate of drug-likeness (QED) is 0.876. The fraction of sp³-hybridized carbons (Fsp3) is 0.231. The van der Waals surface area contributed by atoms with Gasteiger partial charge < -0.3 is 9.88 Å². The Morgan fingerprint density at radius 2 is 2.11 bits per heavy atom. The Morgan fingerprint density at radius 3 is 2.72 bits per heavy atom. The van der Waals surface area contributed by atoms with Crippen LogP contribution >= 0.6 is 0 Å². The lowest BCUT2D eigenvalue weighted by molar-refractivity contribution is 0.0953. The lowest BCUT2D eigenvalue weighted by atomic mass is 10.1. The maximum absolute atomic E-state index is 13.2. The molecular formula is C13H13FN2O2. The van der Waals surface area contributed by atoms with Gasteiger partial charge in [0.25, 0.3) is 11.5 Å². The van der Waals surface area contributed by atoms with Gasteiger partial charge >= 0.3 is 0 Å². The third-order valence-electron chi connectivity index (χ3n) is 2.85. The van der Waals surface area contributed by atoms with Gasteiger partial charge in [0.05, 0.1) is 5.39 Å². The molecule has 0 atom stereocenters. The Bertz CT molecular complexity index is 676. The zero-order valence-corrected chi connectivity index (χ0v) is 10.2. The third-order valence-corrected chi connectivity index (χ3v) is 2.85. The van der Waals surface area contributed by atoms with Crippen molar-refractivity contribution in [2.45, 2.75) is 13.5 Å². The van der Waals surface area contributed by atoms with Gasteiger partial charge in [0.1, 0.15) is 11.5 Å². The molecule has 1 heterocycles. The molecule has 0 aliphatic heterocycles. The molecule has 4 nitrogen and oxygen atoms in total. The van der Waals surface area contributed by atoms with E-state index in [4.69, 9.17) is 0 Å². The standard InChI is InChI=1S/C13H13FN2O2/c1-3-16-11(12(17)15-2)6-8-4-5-9(14)7-10(8)13(16)18/h4-7H,3H2,1-2H3,(H,15,17). The minimum absolute atomic E-state index is 0.282.